The number of halogens is 2. The summed E-state index contributed by atoms with van der Waals surface area (Å²) < 4.78 is 1.64. The van der Waals surface area contributed by atoms with Crippen molar-refractivity contribution in [3.05, 3.63) is 45.5 Å². The molecule has 0 amide bonds. The predicted octanol–water partition coefficient (Wildman–Crippen LogP) is 3.08. The molecular weight excluding hydrogens is 259 g/mol. The highest BCUT2D eigenvalue weighted by Crippen LogP contribution is 2.19. The largest absolute Gasteiger partial charge is 0.202 e. The van der Waals surface area contributed by atoms with Gasteiger partial charge in [-0.15, -0.1) is 10.2 Å². The Morgan fingerprint density at radius 1 is 1.18 bits per heavy atom. The van der Waals surface area contributed by atoms with E-state index in [4.69, 9.17) is 23.2 Å². The fourth-order valence-electron chi connectivity index (χ4n) is 1.36. The summed E-state index contributed by atoms with van der Waals surface area (Å²) in [6.45, 7) is 3.67. The van der Waals surface area contributed by atoms with Crippen LogP contribution < -0.4 is 0 Å². The van der Waals surface area contributed by atoms with Crippen LogP contribution in [0.2, 0.25) is 10.0 Å². The fourth-order valence-corrected chi connectivity index (χ4v) is 1.81. The van der Waals surface area contributed by atoms with Gasteiger partial charge in [-0.25, -0.2) is 4.68 Å². The van der Waals surface area contributed by atoms with Gasteiger partial charge in [-0.3, -0.25) is 0 Å². The summed E-state index contributed by atoms with van der Waals surface area (Å²) in [6, 6.07) is 5.25. The van der Waals surface area contributed by atoms with Gasteiger partial charge in [0.2, 0.25) is 0 Å². The normalized spacial score (nSPS) is 11.3. The molecule has 1 aromatic heterocycles. The number of aromatic nitrogens is 3. The molecule has 2 aromatic rings. The van der Waals surface area contributed by atoms with Gasteiger partial charge in [0.1, 0.15) is 0 Å². The number of rotatable bonds is 2. The van der Waals surface area contributed by atoms with Crippen LogP contribution in [0.5, 0.6) is 0 Å². The zero-order chi connectivity index (χ0) is 12.4. The summed E-state index contributed by atoms with van der Waals surface area (Å²) in [7, 11) is 0. The first kappa shape index (κ1) is 12.1. The van der Waals surface area contributed by atoms with E-state index in [9.17, 15) is 0 Å². The van der Waals surface area contributed by atoms with Crippen LogP contribution in [0.4, 0.5) is 0 Å². The topological polar surface area (TPSA) is 43.1 Å². The molecule has 4 nitrogen and oxygen atoms in total. The van der Waals surface area contributed by atoms with Crippen LogP contribution in [0.1, 0.15) is 17.2 Å². The van der Waals surface area contributed by atoms with Crippen molar-refractivity contribution in [1.82, 2.24) is 14.9 Å². The van der Waals surface area contributed by atoms with E-state index in [0.29, 0.717) is 10.0 Å². The van der Waals surface area contributed by atoms with Crippen LogP contribution in [0, 0.1) is 13.8 Å². The highest BCUT2D eigenvalue weighted by Gasteiger charge is 2.02. The van der Waals surface area contributed by atoms with E-state index < -0.39 is 0 Å². The Morgan fingerprint density at radius 3 is 2.41 bits per heavy atom. The fraction of sp³-hybridized carbons (Fsp3) is 0.182. The van der Waals surface area contributed by atoms with Crippen molar-refractivity contribution in [2.24, 2.45) is 5.10 Å². The summed E-state index contributed by atoms with van der Waals surface area (Å²) in [5, 5.41) is 13.2. The summed E-state index contributed by atoms with van der Waals surface area (Å²) >= 11 is 11.8. The van der Waals surface area contributed by atoms with Gasteiger partial charge in [0, 0.05) is 10.6 Å². The van der Waals surface area contributed by atoms with Crippen molar-refractivity contribution < 1.29 is 0 Å². The van der Waals surface area contributed by atoms with Crippen LogP contribution in [-0.2, 0) is 0 Å². The number of aryl methyl sites for hydroxylation is 2. The maximum absolute atomic E-state index is 6.03. The van der Waals surface area contributed by atoms with Crippen molar-refractivity contribution in [3.8, 4) is 0 Å². The average molecular weight is 269 g/mol. The molecule has 0 aliphatic heterocycles. The summed E-state index contributed by atoms with van der Waals surface area (Å²) in [5.74, 6) is 1.45. The van der Waals surface area contributed by atoms with Crippen LogP contribution in [0.25, 0.3) is 0 Å². The van der Waals surface area contributed by atoms with Gasteiger partial charge in [0.25, 0.3) is 0 Å². The Morgan fingerprint density at radius 2 is 1.82 bits per heavy atom. The Kier molecular flexibility index (Phi) is 3.45. The third-order valence-corrected chi connectivity index (χ3v) is 2.79. The monoisotopic (exact) mass is 268 g/mol. The number of benzene rings is 1. The van der Waals surface area contributed by atoms with Crippen molar-refractivity contribution in [2.45, 2.75) is 13.8 Å². The molecule has 0 aliphatic carbocycles. The van der Waals surface area contributed by atoms with E-state index >= 15 is 0 Å². The highest BCUT2D eigenvalue weighted by molar-refractivity contribution is 6.36. The number of hydrogen-bond donors (Lipinski definition) is 0. The first-order chi connectivity index (χ1) is 8.08. The smallest absolute Gasteiger partial charge is 0.151 e. The first-order valence-corrected chi connectivity index (χ1v) is 5.71. The minimum atomic E-state index is 0.560. The minimum Gasteiger partial charge on any atom is -0.202 e. The van der Waals surface area contributed by atoms with E-state index in [1.807, 2.05) is 19.9 Å². The van der Waals surface area contributed by atoms with Gasteiger partial charge < -0.3 is 0 Å². The predicted molar refractivity (Wildman–Crippen MR) is 69.0 cm³/mol. The molecule has 0 N–H and O–H groups in total. The Hall–Kier alpha value is -1.39. The van der Waals surface area contributed by atoms with Gasteiger partial charge in [-0.2, -0.15) is 5.10 Å². The minimum absolute atomic E-state index is 0.560. The molecule has 0 saturated heterocycles. The second-order valence-corrected chi connectivity index (χ2v) is 4.36. The number of nitrogens with zero attached hydrogens (tertiary/aromatic N) is 4. The van der Waals surface area contributed by atoms with E-state index in [1.54, 1.807) is 23.0 Å². The van der Waals surface area contributed by atoms with Crippen molar-refractivity contribution in [2.75, 3.05) is 0 Å². The Labute approximate surface area is 109 Å². The van der Waals surface area contributed by atoms with Crippen LogP contribution in [0.15, 0.2) is 23.3 Å². The lowest BCUT2D eigenvalue weighted by Gasteiger charge is -2.00. The molecule has 0 aliphatic rings. The van der Waals surface area contributed by atoms with E-state index in [-0.39, 0.29) is 0 Å². The lowest BCUT2D eigenvalue weighted by molar-refractivity contribution is 0.799. The van der Waals surface area contributed by atoms with Gasteiger partial charge in [0.05, 0.1) is 11.2 Å². The van der Waals surface area contributed by atoms with Gasteiger partial charge in [-0.1, -0.05) is 29.3 Å². The van der Waals surface area contributed by atoms with Crippen LogP contribution in [-0.4, -0.2) is 21.1 Å². The van der Waals surface area contributed by atoms with E-state index in [0.717, 1.165) is 17.2 Å². The molecule has 0 bridgehead atoms. The van der Waals surface area contributed by atoms with E-state index in [2.05, 4.69) is 15.3 Å². The molecule has 0 saturated carbocycles. The molecule has 17 heavy (non-hydrogen) atoms. The molecule has 0 unspecified atom stereocenters. The van der Waals surface area contributed by atoms with Gasteiger partial charge in [0.15, 0.2) is 11.6 Å². The quantitative estimate of drug-likeness (QED) is 0.786. The molecular formula is C11H10Cl2N4. The van der Waals surface area contributed by atoms with Crippen molar-refractivity contribution >= 4 is 29.4 Å². The Balaban J connectivity index is 2.32. The average Bonchev–Trinajstić information content (AvgIpc) is 2.58. The third kappa shape index (κ3) is 2.65. The maximum Gasteiger partial charge on any atom is 0.151 e. The summed E-state index contributed by atoms with van der Waals surface area (Å²) in [4.78, 5) is 0. The standard InChI is InChI=1S/C11H10Cl2N4/c1-7-15-16-8(2)17(7)14-6-9-3-4-10(12)5-11(9)13/h3-6H,1-2H3. The van der Waals surface area contributed by atoms with Crippen LogP contribution >= 0.6 is 23.2 Å². The van der Waals surface area contributed by atoms with Crippen molar-refractivity contribution in [1.29, 1.82) is 0 Å². The molecule has 1 aromatic carbocycles. The van der Waals surface area contributed by atoms with Gasteiger partial charge >= 0.3 is 0 Å². The highest BCUT2D eigenvalue weighted by atomic mass is 35.5. The second kappa shape index (κ2) is 4.85. The Bertz CT molecular complexity index is 555. The molecule has 0 fully saturated rings. The van der Waals surface area contributed by atoms with E-state index in [1.165, 1.54) is 0 Å². The first-order valence-electron chi connectivity index (χ1n) is 4.96. The molecule has 88 valence electrons. The molecule has 2 rings (SSSR count). The van der Waals surface area contributed by atoms with Gasteiger partial charge in [-0.05, 0) is 26.0 Å². The molecule has 6 heteroatoms. The van der Waals surface area contributed by atoms with Crippen molar-refractivity contribution in [3.63, 3.8) is 0 Å². The zero-order valence-electron chi connectivity index (χ0n) is 9.35. The lowest BCUT2D eigenvalue weighted by atomic mass is 10.2. The lowest BCUT2D eigenvalue weighted by Crippen LogP contribution is -1.96. The second-order valence-electron chi connectivity index (χ2n) is 3.52. The molecule has 0 atom stereocenters. The number of hydrogen-bond acceptors (Lipinski definition) is 3. The zero-order valence-corrected chi connectivity index (χ0v) is 10.9. The maximum atomic E-state index is 6.03. The third-order valence-electron chi connectivity index (χ3n) is 2.23. The summed E-state index contributed by atoms with van der Waals surface area (Å²) in [6.07, 6.45) is 1.65. The van der Waals surface area contributed by atoms with Crippen LogP contribution in [0.3, 0.4) is 0 Å². The molecule has 0 radical (unpaired) electrons. The molecule has 0 spiro atoms. The SMILES string of the molecule is Cc1nnc(C)n1N=Cc1ccc(Cl)cc1Cl. The molecule has 1 heterocycles. The summed E-state index contributed by atoms with van der Waals surface area (Å²) in [5.41, 5.74) is 0.795.